The van der Waals surface area contributed by atoms with E-state index >= 15 is 0 Å². The maximum Gasteiger partial charge on any atom is 0.326 e. The number of nitrogens with one attached hydrogen (secondary N) is 5. The fraction of sp³-hybridized carbons (Fsp3) is 0.400. The maximum atomic E-state index is 13.2. The Hall–Kier alpha value is -4.21. The van der Waals surface area contributed by atoms with Crippen LogP contribution in [-0.4, -0.2) is 64.0 Å². The van der Waals surface area contributed by atoms with Crippen molar-refractivity contribution in [3.63, 3.8) is 0 Å². The lowest BCUT2D eigenvalue weighted by Crippen LogP contribution is -2.57. The molecule has 0 radical (unpaired) electrons. The van der Waals surface area contributed by atoms with Gasteiger partial charge in [0.25, 0.3) is 0 Å². The van der Waals surface area contributed by atoms with E-state index < -0.39 is 66.2 Å². The molecule has 0 saturated heterocycles. The van der Waals surface area contributed by atoms with Gasteiger partial charge in [-0.05, 0) is 70.7 Å². The van der Waals surface area contributed by atoms with E-state index in [-0.39, 0.29) is 18.8 Å². The summed E-state index contributed by atoms with van der Waals surface area (Å²) in [5.41, 5.74) is 1.76. The number of hydrogen-bond donors (Lipinski definition) is 7. The van der Waals surface area contributed by atoms with Crippen molar-refractivity contribution in [2.75, 3.05) is 10.6 Å². The second-order valence-corrected chi connectivity index (χ2v) is 12.1. The lowest BCUT2D eigenvalue weighted by molar-refractivity contribution is -0.144. The molecule has 0 unspecified atom stereocenters. The summed E-state index contributed by atoms with van der Waals surface area (Å²) in [5.74, 6) is -5.45. The largest absolute Gasteiger partial charge is 0.481 e. The van der Waals surface area contributed by atoms with Crippen LogP contribution in [0.1, 0.15) is 46.1 Å². The molecular weight excluding hydrogens is 685 g/mol. The van der Waals surface area contributed by atoms with Crippen LogP contribution in [-0.2, 0) is 30.4 Å². The fourth-order valence-corrected chi connectivity index (χ4v) is 4.63. The first-order chi connectivity index (χ1) is 20.7. The van der Waals surface area contributed by atoms with Gasteiger partial charge in [0.15, 0.2) is 0 Å². The highest BCUT2D eigenvalue weighted by Crippen LogP contribution is 2.18. The number of hydrogen-bond acceptors (Lipinski definition) is 6. The van der Waals surface area contributed by atoms with Gasteiger partial charge in [-0.25, -0.2) is 9.59 Å². The van der Waals surface area contributed by atoms with Crippen LogP contribution in [0.2, 0.25) is 0 Å². The quantitative estimate of drug-likeness (QED) is 0.136. The van der Waals surface area contributed by atoms with Gasteiger partial charge in [0, 0.05) is 9.26 Å². The lowest BCUT2D eigenvalue weighted by atomic mass is 10.0. The first-order valence-corrected chi connectivity index (χ1v) is 15.0. The molecule has 238 valence electrons. The molecule has 0 aliphatic rings. The van der Waals surface area contributed by atoms with E-state index in [1.54, 1.807) is 44.2 Å². The van der Waals surface area contributed by atoms with Crippen molar-refractivity contribution >= 4 is 69.7 Å². The van der Waals surface area contributed by atoms with E-state index in [4.69, 9.17) is 0 Å². The molecule has 0 aliphatic carbocycles. The van der Waals surface area contributed by atoms with Crippen LogP contribution in [0, 0.1) is 15.4 Å². The van der Waals surface area contributed by atoms with Crippen molar-refractivity contribution in [1.29, 1.82) is 0 Å². The van der Waals surface area contributed by atoms with Crippen LogP contribution >= 0.6 is 22.6 Å². The van der Waals surface area contributed by atoms with E-state index in [1.807, 2.05) is 32.0 Å². The molecule has 0 bridgehead atoms. The van der Waals surface area contributed by atoms with Crippen LogP contribution in [0.3, 0.4) is 0 Å². The normalized spacial score (nSPS) is 12.9. The van der Waals surface area contributed by atoms with Gasteiger partial charge >= 0.3 is 18.0 Å². The van der Waals surface area contributed by atoms with Gasteiger partial charge in [-0.15, -0.1) is 0 Å². The number of carbonyl (C=O) groups is 6. The highest BCUT2D eigenvalue weighted by Gasteiger charge is 2.32. The van der Waals surface area contributed by atoms with Gasteiger partial charge in [0.2, 0.25) is 17.7 Å². The Morgan fingerprint density at radius 2 is 1.39 bits per heavy atom. The second-order valence-electron chi connectivity index (χ2n) is 10.9. The molecule has 0 fully saturated rings. The summed E-state index contributed by atoms with van der Waals surface area (Å²) in [6.07, 6.45) is -0.682. The number of halogens is 1. The molecule has 2 aromatic rings. The predicted molar refractivity (Wildman–Crippen MR) is 172 cm³/mol. The molecule has 44 heavy (non-hydrogen) atoms. The van der Waals surface area contributed by atoms with Crippen molar-refractivity contribution in [3.8, 4) is 0 Å². The average Bonchev–Trinajstić information content (AvgIpc) is 2.92. The first-order valence-electron chi connectivity index (χ1n) is 13.9. The highest BCUT2D eigenvalue weighted by atomic mass is 127. The number of anilines is 2. The van der Waals surface area contributed by atoms with E-state index in [9.17, 15) is 39.0 Å². The average molecular weight is 724 g/mol. The first kappa shape index (κ1) is 36.0. The molecule has 7 N–H and O–H groups in total. The summed E-state index contributed by atoms with van der Waals surface area (Å²) < 4.78 is 0.879. The van der Waals surface area contributed by atoms with Gasteiger partial charge in [-0.2, -0.15) is 0 Å². The van der Waals surface area contributed by atoms with Gasteiger partial charge in [-0.1, -0.05) is 52.0 Å². The number of benzene rings is 2. The second kappa shape index (κ2) is 17.2. The Morgan fingerprint density at radius 1 is 0.773 bits per heavy atom. The fourth-order valence-electron chi connectivity index (χ4n) is 4.11. The number of amides is 5. The Kier molecular flexibility index (Phi) is 14.0. The monoisotopic (exact) mass is 723 g/mol. The van der Waals surface area contributed by atoms with E-state index in [0.717, 1.165) is 3.57 Å². The third-order valence-electron chi connectivity index (χ3n) is 6.30. The third-order valence-corrected chi connectivity index (χ3v) is 7.24. The molecule has 0 spiro atoms. The van der Waals surface area contributed by atoms with Crippen LogP contribution in [0.15, 0.2) is 48.5 Å². The van der Waals surface area contributed by atoms with Crippen molar-refractivity contribution in [2.24, 2.45) is 11.8 Å². The maximum absolute atomic E-state index is 13.2. The van der Waals surface area contributed by atoms with E-state index in [2.05, 4.69) is 49.2 Å². The number of carbonyl (C=O) groups excluding carboxylic acids is 4. The van der Waals surface area contributed by atoms with Crippen molar-refractivity contribution in [1.82, 2.24) is 16.0 Å². The van der Waals surface area contributed by atoms with Crippen LogP contribution in [0.4, 0.5) is 16.2 Å². The Labute approximate surface area is 269 Å². The van der Waals surface area contributed by atoms with Crippen molar-refractivity contribution in [2.45, 2.75) is 65.1 Å². The molecule has 0 heterocycles. The molecule has 2 rings (SSSR count). The summed E-state index contributed by atoms with van der Waals surface area (Å²) in [5, 5.41) is 31.4. The Morgan fingerprint density at radius 3 is 1.93 bits per heavy atom. The van der Waals surface area contributed by atoms with E-state index in [1.165, 1.54) is 0 Å². The van der Waals surface area contributed by atoms with Gasteiger partial charge in [-0.3, -0.25) is 19.2 Å². The predicted octanol–water partition coefficient (Wildman–Crippen LogP) is 3.19. The van der Waals surface area contributed by atoms with E-state index in [0.29, 0.717) is 16.9 Å². The topological polar surface area (TPSA) is 203 Å². The summed E-state index contributed by atoms with van der Waals surface area (Å²) in [4.78, 5) is 74.1. The van der Waals surface area contributed by atoms with Crippen LogP contribution < -0.4 is 26.6 Å². The number of rotatable bonds is 15. The number of carboxylic acid groups (broad SMARTS) is 2. The summed E-state index contributed by atoms with van der Waals surface area (Å²) in [6.45, 7) is 6.81. The molecule has 0 aromatic heterocycles. The van der Waals surface area contributed by atoms with Gasteiger partial charge < -0.3 is 36.8 Å². The van der Waals surface area contributed by atoms with Crippen molar-refractivity contribution in [3.05, 3.63) is 57.7 Å². The summed E-state index contributed by atoms with van der Waals surface area (Å²) in [6, 6.07) is 9.51. The molecule has 0 aliphatic heterocycles. The van der Waals surface area contributed by atoms with Gasteiger partial charge in [0.1, 0.15) is 18.1 Å². The molecule has 3 atom stereocenters. The summed E-state index contributed by atoms with van der Waals surface area (Å²) in [7, 11) is 0. The zero-order valence-corrected chi connectivity index (χ0v) is 27.0. The molecule has 5 amide bonds. The minimum absolute atomic E-state index is 0.0502. The number of carboxylic acids is 2. The zero-order chi connectivity index (χ0) is 33.0. The SMILES string of the molecule is CC(C)C[C@H](NC(=O)Cc1ccc(NC(=O)Nc2ccccc2I)cc1)C(=O)N[C@@H](CC(=O)O)C(=O)N[C@H](C(=O)O)C(C)C. The third kappa shape index (κ3) is 12.2. The van der Waals surface area contributed by atoms with Gasteiger partial charge in [0.05, 0.1) is 18.5 Å². The molecule has 0 saturated carbocycles. The molecule has 2 aromatic carbocycles. The lowest BCUT2D eigenvalue weighted by Gasteiger charge is -2.25. The molecule has 14 heteroatoms. The van der Waals surface area contributed by atoms with Crippen molar-refractivity contribution < 1.29 is 39.0 Å². The van der Waals surface area contributed by atoms with Crippen LogP contribution in [0.25, 0.3) is 0 Å². The standard InChI is InChI=1S/C30H38IN5O8/c1-16(2)13-22(27(40)34-23(15-25(38)39)28(41)36-26(17(3)4)29(42)43)33-24(37)14-18-9-11-19(12-10-18)32-30(44)35-21-8-6-5-7-20(21)31/h5-12,16-17,22-23,26H,13-15H2,1-4H3,(H,33,37)(H,34,40)(H,36,41)(H,38,39)(H,42,43)(H2,32,35,44)/t22-,23-,26-/m0/s1. The number of urea groups is 1. The molecular formula is C30H38IN5O8. The van der Waals surface area contributed by atoms with Crippen LogP contribution in [0.5, 0.6) is 0 Å². The molecule has 13 nitrogen and oxygen atoms in total. The minimum atomic E-state index is -1.56. The minimum Gasteiger partial charge on any atom is -0.481 e. The smallest absolute Gasteiger partial charge is 0.326 e. The number of para-hydroxylation sites is 1. The zero-order valence-electron chi connectivity index (χ0n) is 24.8. The summed E-state index contributed by atoms with van der Waals surface area (Å²) >= 11 is 2.11. The number of aliphatic carboxylic acids is 2. The highest BCUT2D eigenvalue weighted by molar-refractivity contribution is 14.1. The Bertz CT molecular complexity index is 1350. The Balaban J connectivity index is 2.04.